The van der Waals surface area contributed by atoms with Crippen LogP contribution in [0.15, 0.2) is 48.5 Å². The van der Waals surface area contributed by atoms with Crippen molar-refractivity contribution in [2.75, 3.05) is 27.7 Å². The number of halogens is 1. The molecular weight excluding hydrogens is 361 g/mol. The van der Waals surface area contributed by atoms with Gasteiger partial charge < -0.3 is 10.6 Å². The van der Waals surface area contributed by atoms with Crippen LogP contribution in [0.3, 0.4) is 0 Å². The summed E-state index contributed by atoms with van der Waals surface area (Å²) in [6.07, 6.45) is 0.964. The monoisotopic (exact) mass is 379 g/mol. The Balaban J connectivity index is 2.10. The standard InChI is InChI=1S/C17H18FN3O4S/c1-12(22)19-14-5-7-15(8-6-14)20-17(23)11-21(26(2,24)25)16-9-3-13(18)4-10-16/h3-10H,11H2,1-2H3,(H,19,22)(H,20,23). The molecule has 0 atom stereocenters. The van der Waals surface area contributed by atoms with Crippen LogP contribution in [0.5, 0.6) is 0 Å². The number of nitrogens with one attached hydrogen (secondary N) is 2. The second-order valence-electron chi connectivity index (χ2n) is 5.55. The zero-order valence-corrected chi connectivity index (χ0v) is 15.0. The molecule has 138 valence electrons. The van der Waals surface area contributed by atoms with Gasteiger partial charge in [-0.05, 0) is 48.5 Å². The van der Waals surface area contributed by atoms with Gasteiger partial charge in [0, 0.05) is 18.3 Å². The quantitative estimate of drug-likeness (QED) is 0.804. The summed E-state index contributed by atoms with van der Waals surface area (Å²) in [4.78, 5) is 23.2. The Bertz CT molecular complexity index is 897. The topological polar surface area (TPSA) is 95.6 Å². The minimum Gasteiger partial charge on any atom is -0.326 e. The van der Waals surface area contributed by atoms with Crippen molar-refractivity contribution in [3.05, 3.63) is 54.3 Å². The third kappa shape index (κ3) is 5.55. The SMILES string of the molecule is CC(=O)Nc1ccc(NC(=O)CN(c2ccc(F)cc2)S(C)(=O)=O)cc1. The number of nitrogens with zero attached hydrogens (tertiary/aromatic N) is 1. The maximum absolute atomic E-state index is 13.0. The van der Waals surface area contributed by atoms with Gasteiger partial charge >= 0.3 is 0 Å². The molecule has 2 amide bonds. The Labute approximate surface area is 150 Å². The van der Waals surface area contributed by atoms with E-state index in [4.69, 9.17) is 0 Å². The summed E-state index contributed by atoms with van der Waals surface area (Å²) in [6, 6.07) is 11.2. The molecule has 2 aromatic rings. The van der Waals surface area contributed by atoms with Gasteiger partial charge in [-0.3, -0.25) is 13.9 Å². The van der Waals surface area contributed by atoms with E-state index in [1.165, 1.54) is 19.1 Å². The van der Waals surface area contributed by atoms with Crippen molar-refractivity contribution in [3.8, 4) is 0 Å². The molecule has 0 saturated carbocycles. The average Bonchev–Trinajstić information content (AvgIpc) is 2.54. The molecule has 2 aromatic carbocycles. The Kier molecular flexibility index (Phi) is 5.93. The molecule has 0 bridgehead atoms. The van der Waals surface area contributed by atoms with E-state index in [0.717, 1.165) is 22.7 Å². The number of benzene rings is 2. The maximum Gasteiger partial charge on any atom is 0.245 e. The minimum absolute atomic E-state index is 0.185. The van der Waals surface area contributed by atoms with E-state index in [1.54, 1.807) is 24.3 Å². The predicted octanol–water partition coefficient (Wildman–Crippen LogP) is 2.19. The van der Waals surface area contributed by atoms with Crippen molar-refractivity contribution in [1.29, 1.82) is 0 Å². The predicted molar refractivity (Wildman–Crippen MR) is 98.0 cm³/mol. The van der Waals surface area contributed by atoms with Gasteiger partial charge in [0.05, 0.1) is 11.9 Å². The Morgan fingerprint density at radius 3 is 1.92 bits per heavy atom. The van der Waals surface area contributed by atoms with Gasteiger partial charge in [-0.1, -0.05) is 0 Å². The van der Waals surface area contributed by atoms with Crippen LogP contribution in [0.2, 0.25) is 0 Å². The number of amides is 2. The van der Waals surface area contributed by atoms with E-state index in [-0.39, 0.29) is 11.6 Å². The van der Waals surface area contributed by atoms with Crippen molar-refractivity contribution in [1.82, 2.24) is 0 Å². The number of carbonyl (C=O) groups excluding carboxylic acids is 2. The summed E-state index contributed by atoms with van der Waals surface area (Å²) < 4.78 is 37.8. The van der Waals surface area contributed by atoms with Crippen LogP contribution >= 0.6 is 0 Å². The van der Waals surface area contributed by atoms with Crippen LogP contribution in [0.4, 0.5) is 21.5 Å². The highest BCUT2D eigenvalue weighted by Crippen LogP contribution is 2.18. The summed E-state index contributed by atoms with van der Waals surface area (Å²) in [5.41, 5.74) is 1.20. The lowest BCUT2D eigenvalue weighted by atomic mass is 10.2. The van der Waals surface area contributed by atoms with E-state index in [0.29, 0.717) is 11.4 Å². The van der Waals surface area contributed by atoms with Crippen LogP contribution in [0.25, 0.3) is 0 Å². The molecule has 2 N–H and O–H groups in total. The highest BCUT2D eigenvalue weighted by atomic mass is 32.2. The number of sulfonamides is 1. The summed E-state index contributed by atoms with van der Waals surface area (Å²) in [5.74, 6) is -1.29. The number of rotatable bonds is 6. The molecular formula is C17H18FN3O4S. The molecule has 0 radical (unpaired) electrons. The van der Waals surface area contributed by atoms with Gasteiger partial charge in [0.25, 0.3) is 0 Å². The fourth-order valence-electron chi connectivity index (χ4n) is 2.18. The molecule has 0 aliphatic carbocycles. The second kappa shape index (κ2) is 7.96. The molecule has 2 rings (SSSR count). The first-order valence-corrected chi connectivity index (χ1v) is 9.41. The molecule has 0 saturated heterocycles. The molecule has 0 unspecified atom stereocenters. The fourth-order valence-corrected chi connectivity index (χ4v) is 3.03. The first-order chi connectivity index (χ1) is 12.1. The molecule has 7 nitrogen and oxygen atoms in total. The smallest absolute Gasteiger partial charge is 0.245 e. The van der Waals surface area contributed by atoms with E-state index in [1.807, 2.05) is 0 Å². The van der Waals surface area contributed by atoms with E-state index in [9.17, 15) is 22.4 Å². The first kappa shape index (κ1) is 19.4. The number of anilines is 3. The number of hydrogen-bond acceptors (Lipinski definition) is 4. The average molecular weight is 379 g/mol. The van der Waals surface area contributed by atoms with E-state index in [2.05, 4.69) is 10.6 Å². The third-order valence-corrected chi connectivity index (χ3v) is 4.43. The van der Waals surface area contributed by atoms with Gasteiger partial charge in [0.2, 0.25) is 21.8 Å². The highest BCUT2D eigenvalue weighted by molar-refractivity contribution is 7.92. The van der Waals surface area contributed by atoms with E-state index >= 15 is 0 Å². The Morgan fingerprint density at radius 2 is 1.46 bits per heavy atom. The number of carbonyl (C=O) groups is 2. The van der Waals surface area contributed by atoms with Crippen molar-refractivity contribution < 1.29 is 22.4 Å². The molecule has 0 fully saturated rings. The van der Waals surface area contributed by atoms with Crippen LogP contribution in [0.1, 0.15) is 6.92 Å². The lowest BCUT2D eigenvalue weighted by Crippen LogP contribution is -2.37. The molecule has 0 spiro atoms. The lowest BCUT2D eigenvalue weighted by molar-refractivity contribution is -0.115. The summed E-state index contributed by atoms with van der Waals surface area (Å²) in [7, 11) is -3.74. The molecule has 26 heavy (non-hydrogen) atoms. The third-order valence-electron chi connectivity index (χ3n) is 3.29. The summed E-state index contributed by atoms with van der Waals surface area (Å²) in [5, 5.41) is 5.17. The Morgan fingerprint density at radius 1 is 0.962 bits per heavy atom. The van der Waals surface area contributed by atoms with Gasteiger partial charge in [0.1, 0.15) is 12.4 Å². The number of hydrogen-bond donors (Lipinski definition) is 2. The van der Waals surface area contributed by atoms with Crippen LogP contribution in [0, 0.1) is 5.82 Å². The fraction of sp³-hybridized carbons (Fsp3) is 0.176. The van der Waals surface area contributed by atoms with Gasteiger partial charge in [-0.25, -0.2) is 12.8 Å². The zero-order valence-electron chi connectivity index (χ0n) is 14.2. The molecule has 0 aliphatic heterocycles. The van der Waals surface area contributed by atoms with Gasteiger partial charge in [-0.2, -0.15) is 0 Å². The molecule has 9 heteroatoms. The molecule has 0 aromatic heterocycles. The van der Waals surface area contributed by atoms with Crippen molar-refractivity contribution in [2.24, 2.45) is 0 Å². The van der Waals surface area contributed by atoms with Crippen molar-refractivity contribution >= 4 is 38.9 Å². The lowest BCUT2D eigenvalue weighted by Gasteiger charge is -2.21. The zero-order chi connectivity index (χ0) is 19.3. The largest absolute Gasteiger partial charge is 0.326 e. The van der Waals surface area contributed by atoms with Crippen LogP contribution < -0.4 is 14.9 Å². The van der Waals surface area contributed by atoms with Gasteiger partial charge in [0.15, 0.2) is 0 Å². The highest BCUT2D eigenvalue weighted by Gasteiger charge is 2.21. The van der Waals surface area contributed by atoms with E-state index < -0.39 is 28.3 Å². The second-order valence-corrected chi connectivity index (χ2v) is 7.46. The Hall–Kier alpha value is -2.94. The summed E-state index contributed by atoms with van der Waals surface area (Å²) in [6.45, 7) is 0.919. The normalized spacial score (nSPS) is 10.9. The van der Waals surface area contributed by atoms with Crippen LogP contribution in [-0.2, 0) is 19.6 Å². The van der Waals surface area contributed by atoms with Crippen molar-refractivity contribution in [3.63, 3.8) is 0 Å². The first-order valence-electron chi connectivity index (χ1n) is 7.56. The molecule has 0 aliphatic rings. The van der Waals surface area contributed by atoms with Crippen LogP contribution in [-0.4, -0.2) is 33.0 Å². The van der Waals surface area contributed by atoms with Crippen molar-refractivity contribution in [2.45, 2.75) is 6.92 Å². The molecule has 0 heterocycles. The minimum atomic E-state index is -3.74. The summed E-state index contributed by atoms with van der Waals surface area (Å²) >= 11 is 0. The van der Waals surface area contributed by atoms with Gasteiger partial charge in [-0.15, -0.1) is 0 Å². The maximum atomic E-state index is 13.0.